The lowest BCUT2D eigenvalue weighted by Crippen LogP contribution is -2.43. The van der Waals surface area contributed by atoms with Crippen LogP contribution in [0.4, 0.5) is 5.82 Å². The quantitative estimate of drug-likeness (QED) is 0.0332. The van der Waals surface area contributed by atoms with Crippen LogP contribution in [0.15, 0.2) is 49.3 Å². The van der Waals surface area contributed by atoms with E-state index in [1.165, 1.54) is 114 Å². The van der Waals surface area contributed by atoms with Crippen molar-refractivity contribution in [3.63, 3.8) is 0 Å². The number of anilines is 1. The molecular formula is C42H64N9O7P. The molecule has 0 radical (unpaired) electrons. The average molecular weight is 838 g/mol. The molecule has 1 unspecified atom stereocenters. The molecule has 1 fully saturated rings. The van der Waals surface area contributed by atoms with E-state index >= 15 is 0 Å². The number of nitrogens with zero attached hydrogens (tertiary/aromatic N) is 7. The van der Waals surface area contributed by atoms with Crippen molar-refractivity contribution >= 4 is 19.2 Å². The molecule has 1 aliphatic rings. The molecule has 0 spiro atoms. The molecule has 5 N–H and O–H groups in total. The molecule has 17 heteroatoms. The number of ether oxygens (including phenoxy) is 3. The Labute approximate surface area is 348 Å². The SMILES string of the molecule is CCCCCCCCCCCCCCCCCCOC[C@H](COP(=O)(O)OC[C@]1(N)CC[C@H](c2ccc3c(N)ncnn23)O1)OCc1ccc(C#N)c(-n2cncn2)c1. The minimum absolute atomic E-state index is 0.118. The first-order chi connectivity index (χ1) is 28.7. The molecule has 1 aliphatic heterocycles. The lowest BCUT2D eigenvalue weighted by atomic mass is 10.0. The van der Waals surface area contributed by atoms with E-state index in [2.05, 4.69) is 33.2 Å². The molecule has 1 aromatic carbocycles. The fourth-order valence-electron chi connectivity index (χ4n) is 7.32. The van der Waals surface area contributed by atoms with Gasteiger partial charge in [0, 0.05) is 6.61 Å². The van der Waals surface area contributed by atoms with Gasteiger partial charge < -0.3 is 30.6 Å². The van der Waals surface area contributed by atoms with Crippen LogP contribution in [-0.2, 0) is 34.4 Å². The highest BCUT2D eigenvalue weighted by atomic mass is 31.2. The van der Waals surface area contributed by atoms with Crippen LogP contribution in [0.25, 0.3) is 11.2 Å². The normalized spacial score (nSPS) is 18.3. The van der Waals surface area contributed by atoms with Gasteiger partial charge in [-0.15, -0.1) is 0 Å². The van der Waals surface area contributed by atoms with Crippen LogP contribution >= 0.6 is 7.82 Å². The Morgan fingerprint density at radius 3 is 2.31 bits per heavy atom. The first-order valence-corrected chi connectivity index (χ1v) is 22.9. The predicted octanol–water partition coefficient (Wildman–Crippen LogP) is 8.27. The van der Waals surface area contributed by atoms with Crippen LogP contribution in [0.2, 0.25) is 0 Å². The number of nitrogen functional groups attached to an aromatic ring is 1. The Hall–Kier alpha value is -3.78. The lowest BCUT2D eigenvalue weighted by molar-refractivity contribution is -0.0771. The van der Waals surface area contributed by atoms with Crippen molar-refractivity contribution in [1.29, 1.82) is 5.26 Å². The van der Waals surface area contributed by atoms with E-state index in [0.29, 0.717) is 42.0 Å². The fraction of sp³-hybridized carbons (Fsp3) is 0.643. The summed E-state index contributed by atoms with van der Waals surface area (Å²) in [6, 6.07) is 11.1. The molecule has 0 saturated carbocycles. The lowest BCUT2D eigenvalue weighted by Gasteiger charge is -2.26. The molecule has 3 aromatic heterocycles. The minimum atomic E-state index is -4.59. The molecule has 59 heavy (non-hydrogen) atoms. The summed E-state index contributed by atoms with van der Waals surface area (Å²) in [5.74, 6) is 0.339. The maximum atomic E-state index is 13.1. The van der Waals surface area contributed by atoms with Crippen molar-refractivity contribution in [3.8, 4) is 11.8 Å². The Kier molecular flexibility index (Phi) is 19.2. The number of fused-ring (bicyclic) bond motifs is 1. The number of aromatic nitrogens is 6. The highest BCUT2D eigenvalue weighted by Crippen LogP contribution is 2.46. The number of nitriles is 1. The number of rotatable bonds is 30. The standard InChI is InChI=1S/C42H64N9O7P/c1-2-3-4-5-6-7-8-9-10-11-12-13-14-15-16-17-24-54-28-36(55-27-34-18-19-35(26-43)39(25-34)50-33-46-31-48-50)29-56-59(52,53)57-30-42(45)23-22-40(58-42)37-20-21-38-41(44)47-32-49-51(37)38/h18-21,25,31-33,36,40H,2-17,22-24,27-30,45H2,1H3,(H,52,53)(H2,44,47,49)/t36-,40-,42+/m1/s1. The van der Waals surface area contributed by atoms with Gasteiger partial charge in [0.05, 0.1) is 36.8 Å². The average Bonchev–Trinajstić information content (AvgIpc) is 4.02. The molecule has 324 valence electrons. The summed E-state index contributed by atoms with van der Waals surface area (Å²) in [5.41, 5.74) is 14.2. The Bertz CT molecular complexity index is 1910. The first kappa shape index (κ1) is 46.3. The zero-order valence-corrected chi connectivity index (χ0v) is 35.6. The predicted molar refractivity (Wildman–Crippen MR) is 224 cm³/mol. The second kappa shape index (κ2) is 24.5. The first-order valence-electron chi connectivity index (χ1n) is 21.4. The molecular weight excluding hydrogens is 773 g/mol. The number of unbranched alkanes of at least 4 members (excludes halogenated alkanes) is 15. The third-order valence-electron chi connectivity index (χ3n) is 10.7. The second-order valence-electron chi connectivity index (χ2n) is 15.6. The molecule has 4 heterocycles. The van der Waals surface area contributed by atoms with E-state index in [4.69, 9.17) is 34.7 Å². The summed E-state index contributed by atoms with van der Waals surface area (Å²) in [6.45, 7) is 2.39. The van der Waals surface area contributed by atoms with Gasteiger partial charge in [-0.2, -0.15) is 15.5 Å². The topological polar surface area (TPSA) is 220 Å². The molecule has 0 bridgehead atoms. The van der Waals surface area contributed by atoms with E-state index in [1.807, 2.05) is 6.07 Å². The Morgan fingerprint density at radius 1 is 0.949 bits per heavy atom. The largest absolute Gasteiger partial charge is 0.472 e. The van der Waals surface area contributed by atoms with Crippen molar-refractivity contribution < 1.29 is 32.7 Å². The zero-order valence-electron chi connectivity index (χ0n) is 34.7. The van der Waals surface area contributed by atoms with E-state index < -0.39 is 25.8 Å². The Balaban J connectivity index is 1.04. The van der Waals surface area contributed by atoms with Crippen LogP contribution < -0.4 is 11.5 Å². The fourth-order valence-corrected chi connectivity index (χ4v) is 8.13. The van der Waals surface area contributed by atoms with E-state index in [-0.39, 0.29) is 26.4 Å². The smallest absolute Gasteiger partial charge is 0.382 e. The molecule has 1 saturated heterocycles. The van der Waals surface area contributed by atoms with Crippen molar-refractivity contribution in [2.24, 2.45) is 5.73 Å². The van der Waals surface area contributed by atoms with E-state index in [0.717, 1.165) is 24.1 Å². The van der Waals surface area contributed by atoms with Gasteiger partial charge in [0.15, 0.2) is 5.82 Å². The van der Waals surface area contributed by atoms with E-state index in [1.54, 1.807) is 28.8 Å². The van der Waals surface area contributed by atoms with Crippen LogP contribution in [-0.4, -0.2) is 72.5 Å². The van der Waals surface area contributed by atoms with Crippen LogP contribution in [0.1, 0.15) is 145 Å². The highest BCUT2D eigenvalue weighted by Gasteiger charge is 2.41. The zero-order chi connectivity index (χ0) is 41.8. The number of phosphoric ester groups is 1. The molecule has 4 aromatic rings. The number of benzene rings is 1. The number of hydrogen-bond donors (Lipinski definition) is 3. The van der Waals surface area contributed by atoms with Crippen LogP contribution in [0.3, 0.4) is 0 Å². The molecule has 0 amide bonds. The minimum Gasteiger partial charge on any atom is -0.382 e. The van der Waals surface area contributed by atoms with E-state index in [9.17, 15) is 14.7 Å². The van der Waals surface area contributed by atoms with Crippen molar-refractivity contribution in [1.82, 2.24) is 29.4 Å². The maximum absolute atomic E-state index is 13.1. The molecule has 0 aliphatic carbocycles. The highest BCUT2D eigenvalue weighted by molar-refractivity contribution is 7.47. The summed E-state index contributed by atoms with van der Waals surface area (Å²) < 4.78 is 45.4. The number of phosphoric acid groups is 1. The van der Waals surface area contributed by atoms with Gasteiger partial charge in [-0.3, -0.25) is 9.05 Å². The van der Waals surface area contributed by atoms with Crippen LogP contribution in [0.5, 0.6) is 0 Å². The van der Waals surface area contributed by atoms with Crippen molar-refractivity contribution in [2.45, 2.75) is 147 Å². The number of nitrogens with two attached hydrogens (primary N) is 2. The molecule has 16 nitrogen and oxygen atoms in total. The Morgan fingerprint density at radius 2 is 1.64 bits per heavy atom. The van der Waals surface area contributed by atoms with Gasteiger partial charge in [-0.05, 0) is 49.1 Å². The molecule has 5 rings (SSSR count). The van der Waals surface area contributed by atoms with Gasteiger partial charge in [0.25, 0.3) is 0 Å². The summed E-state index contributed by atoms with van der Waals surface area (Å²) in [6.07, 6.45) is 24.7. The van der Waals surface area contributed by atoms with Crippen molar-refractivity contribution in [2.75, 3.05) is 32.2 Å². The molecule has 4 atom stereocenters. The van der Waals surface area contributed by atoms with Gasteiger partial charge in [0.2, 0.25) is 0 Å². The third kappa shape index (κ3) is 15.3. The monoisotopic (exact) mass is 837 g/mol. The maximum Gasteiger partial charge on any atom is 0.472 e. The van der Waals surface area contributed by atoms with Gasteiger partial charge in [0.1, 0.15) is 55.1 Å². The summed E-state index contributed by atoms with van der Waals surface area (Å²) in [7, 11) is -4.59. The van der Waals surface area contributed by atoms with Gasteiger partial charge >= 0.3 is 7.82 Å². The number of hydrogen-bond acceptors (Lipinski definition) is 13. The van der Waals surface area contributed by atoms with Gasteiger partial charge in [-0.1, -0.05) is 109 Å². The second-order valence-corrected chi connectivity index (χ2v) is 17.0. The third-order valence-corrected chi connectivity index (χ3v) is 11.7. The van der Waals surface area contributed by atoms with Gasteiger partial charge in [-0.25, -0.2) is 23.7 Å². The summed E-state index contributed by atoms with van der Waals surface area (Å²) >= 11 is 0. The van der Waals surface area contributed by atoms with Crippen molar-refractivity contribution in [3.05, 3.63) is 66.1 Å². The van der Waals surface area contributed by atoms with Crippen LogP contribution in [0, 0.1) is 11.3 Å². The summed E-state index contributed by atoms with van der Waals surface area (Å²) in [5, 5.41) is 18.0. The summed E-state index contributed by atoms with van der Waals surface area (Å²) in [4.78, 5) is 18.7.